The lowest BCUT2D eigenvalue weighted by atomic mass is 9.35. The van der Waals surface area contributed by atoms with Crippen molar-refractivity contribution in [3.63, 3.8) is 0 Å². The third-order valence-electron chi connectivity index (χ3n) is 20.1. The van der Waals surface area contributed by atoms with Gasteiger partial charge in [0.25, 0.3) is 6.71 Å². The van der Waals surface area contributed by atoms with E-state index in [4.69, 9.17) is 8.53 Å². The highest BCUT2D eigenvalue weighted by Crippen LogP contribution is 2.59. The molecular weight excluding hydrogens is 970 g/mol. The normalized spacial score (nSPS) is 20.9. The summed E-state index contributed by atoms with van der Waals surface area (Å²) < 4.78 is 35.1. The molecule has 15 rings (SSSR count). The minimum absolute atomic E-state index is 0.0677. The summed E-state index contributed by atoms with van der Waals surface area (Å²) in [7, 11) is 0. The van der Waals surface area contributed by atoms with Crippen molar-refractivity contribution in [2.75, 3.05) is 14.7 Å². The van der Waals surface area contributed by atoms with Crippen molar-refractivity contribution in [3.8, 4) is 11.1 Å². The van der Waals surface area contributed by atoms with Crippen LogP contribution >= 0.6 is 0 Å². The first-order chi connectivity index (χ1) is 39.2. The summed E-state index contributed by atoms with van der Waals surface area (Å²) in [4.78, 5) is 7.31. The van der Waals surface area contributed by atoms with Crippen LogP contribution in [0.15, 0.2) is 168 Å². The molecule has 0 amide bonds. The highest BCUT2D eigenvalue weighted by atomic mass is 16.3. The number of para-hydroxylation sites is 2. The molecule has 2 bridgehead atoms. The van der Waals surface area contributed by atoms with E-state index in [9.17, 15) is 0 Å². The van der Waals surface area contributed by atoms with Crippen molar-refractivity contribution in [2.45, 2.75) is 161 Å². The van der Waals surface area contributed by atoms with Gasteiger partial charge in [-0.3, -0.25) is 0 Å². The van der Waals surface area contributed by atoms with Gasteiger partial charge < -0.3 is 19.1 Å². The summed E-state index contributed by atoms with van der Waals surface area (Å²) in [6, 6.07) is 60.2. The molecule has 5 heteroatoms. The average molecular weight is 1050 g/mol. The van der Waals surface area contributed by atoms with Gasteiger partial charge in [-0.05, 0) is 206 Å². The standard InChI is InChI=1S/C75H78BN3O/c1-47-22-20-21-27-61(47)77(51-25-18-15-19-26-51)53-41-64-67-65(42-53)79(62-33-30-50(71(5,6)7)40-54(62)48-23-16-14-17-24-48)63-45-57-56(72(8,9)34-35-73(57,10)11)44-60(63)76(67)69-68(78(64)52-31-28-49(29-32-52)70(2,3)4)55-43-58-59(46-66(55)80-69)75(13)38-36-74(58,12)37-39-75/h14-33,40-46H,34-39H2,1-13H3/i1D3. The van der Waals surface area contributed by atoms with Crippen LogP contribution in [0.25, 0.3) is 22.1 Å². The lowest BCUT2D eigenvalue weighted by Gasteiger charge is -2.52. The van der Waals surface area contributed by atoms with Gasteiger partial charge in [-0.1, -0.05) is 174 Å². The summed E-state index contributed by atoms with van der Waals surface area (Å²) in [5, 5.41) is 1.13. The first-order valence-corrected chi connectivity index (χ1v) is 29.6. The Labute approximate surface area is 481 Å². The largest absolute Gasteiger partial charge is 0.468 e. The Morgan fingerprint density at radius 3 is 1.73 bits per heavy atom. The number of benzene rings is 8. The molecule has 4 nitrogen and oxygen atoms in total. The minimum atomic E-state index is -2.40. The third-order valence-corrected chi connectivity index (χ3v) is 20.1. The highest BCUT2D eigenvalue weighted by Gasteiger charge is 2.52. The molecule has 6 aliphatic rings. The third kappa shape index (κ3) is 7.68. The predicted molar refractivity (Wildman–Crippen MR) is 341 cm³/mol. The molecule has 1 aromatic heterocycles. The lowest BCUT2D eigenvalue weighted by Crippen LogP contribution is -2.61. The maximum absolute atomic E-state index is 9.07. The molecule has 1 saturated carbocycles. The van der Waals surface area contributed by atoms with Crippen LogP contribution in [0.4, 0.5) is 51.2 Å². The fourth-order valence-corrected chi connectivity index (χ4v) is 14.9. The fraction of sp³-hybridized carbons (Fsp3) is 0.333. The molecule has 8 aromatic carbocycles. The van der Waals surface area contributed by atoms with Crippen LogP contribution in [0.1, 0.15) is 165 Å². The molecule has 9 aromatic rings. The van der Waals surface area contributed by atoms with E-state index in [1.807, 2.05) is 24.3 Å². The first kappa shape index (κ1) is 47.6. The Morgan fingerprint density at radius 2 is 1.09 bits per heavy atom. The van der Waals surface area contributed by atoms with Crippen LogP contribution in [-0.2, 0) is 32.5 Å². The zero-order valence-electron chi connectivity index (χ0n) is 52.2. The SMILES string of the molecule is [2H]C([2H])([2H])c1ccccc1N(c1ccccc1)c1cc2c3c(c1)N(c1ccc(C(C)(C)C)cc1)c1c(oc4cc5c(cc14)C1(C)CCC5(C)CC1)B3c1cc3c(cc1N2c1ccc(C(C)(C)C)cc1-c1ccccc1)C(C)(C)CCC3(C)C. The molecule has 402 valence electrons. The van der Waals surface area contributed by atoms with E-state index in [1.165, 1.54) is 64.5 Å². The summed E-state index contributed by atoms with van der Waals surface area (Å²) in [5.74, 6) is 0. The second-order valence-electron chi connectivity index (χ2n) is 28.4. The topological polar surface area (TPSA) is 22.9 Å². The summed E-state index contributed by atoms with van der Waals surface area (Å²) in [6.45, 7) is 25.8. The Bertz CT molecular complexity index is 4090. The average Bonchev–Trinajstić information content (AvgIpc) is 1.98. The Balaban J connectivity index is 1.18. The van der Waals surface area contributed by atoms with Gasteiger partial charge in [0.1, 0.15) is 5.58 Å². The molecule has 0 spiro atoms. The molecule has 0 N–H and O–H groups in total. The molecule has 3 heterocycles. The van der Waals surface area contributed by atoms with Crippen molar-refractivity contribution < 1.29 is 8.53 Å². The van der Waals surface area contributed by atoms with E-state index in [2.05, 4.69) is 231 Å². The number of anilines is 9. The van der Waals surface area contributed by atoms with Crippen LogP contribution in [0, 0.1) is 6.85 Å². The van der Waals surface area contributed by atoms with Crippen LogP contribution in [-0.4, -0.2) is 6.71 Å². The molecular formula is C75H78BN3O. The van der Waals surface area contributed by atoms with Gasteiger partial charge >= 0.3 is 0 Å². The number of nitrogens with zero attached hydrogens (tertiary/aromatic N) is 3. The van der Waals surface area contributed by atoms with Gasteiger partial charge in [0.05, 0.1) is 22.7 Å². The number of fused-ring (bicyclic) bond motifs is 9. The zero-order chi connectivity index (χ0) is 58.1. The molecule has 0 unspecified atom stereocenters. The van der Waals surface area contributed by atoms with Crippen molar-refractivity contribution in [1.29, 1.82) is 0 Å². The number of hydrogen-bond acceptors (Lipinski definition) is 4. The van der Waals surface area contributed by atoms with E-state index >= 15 is 0 Å². The molecule has 2 aliphatic heterocycles. The summed E-state index contributed by atoms with van der Waals surface area (Å²) in [5.41, 5.74) is 23.5. The van der Waals surface area contributed by atoms with Crippen molar-refractivity contribution >= 4 is 85.5 Å². The van der Waals surface area contributed by atoms with Gasteiger partial charge in [-0.2, -0.15) is 0 Å². The van der Waals surface area contributed by atoms with Crippen LogP contribution in [0.5, 0.6) is 0 Å². The molecule has 4 aliphatic carbocycles. The van der Waals surface area contributed by atoms with Crippen LogP contribution in [0.2, 0.25) is 0 Å². The predicted octanol–water partition coefficient (Wildman–Crippen LogP) is 19.0. The summed E-state index contributed by atoms with van der Waals surface area (Å²) in [6.07, 6.45) is 6.87. The van der Waals surface area contributed by atoms with Crippen molar-refractivity contribution in [1.82, 2.24) is 0 Å². The van der Waals surface area contributed by atoms with Gasteiger partial charge in [-0.25, -0.2) is 0 Å². The molecule has 80 heavy (non-hydrogen) atoms. The maximum atomic E-state index is 9.07. The summed E-state index contributed by atoms with van der Waals surface area (Å²) >= 11 is 0. The Hall–Kier alpha value is -7.24. The van der Waals surface area contributed by atoms with E-state index in [-0.39, 0.29) is 44.8 Å². The van der Waals surface area contributed by atoms with Gasteiger partial charge in [-0.15, -0.1) is 0 Å². The second-order valence-corrected chi connectivity index (χ2v) is 28.4. The van der Waals surface area contributed by atoms with Gasteiger partial charge in [0.2, 0.25) is 0 Å². The monoisotopic (exact) mass is 1050 g/mol. The van der Waals surface area contributed by atoms with E-state index in [0.717, 1.165) is 91.6 Å². The fourth-order valence-electron chi connectivity index (χ4n) is 14.9. The minimum Gasteiger partial charge on any atom is -0.468 e. The molecule has 0 atom stereocenters. The van der Waals surface area contributed by atoms with Gasteiger partial charge in [0, 0.05) is 49.2 Å². The van der Waals surface area contributed by atoms with Crippen LogP contribution < -0.4 is 31.3 Å². The number of aryl methyl sites for hydroxylation is 1. The van der Waals surface area contributed by atoms with Crippen molar-refractivity contribution in [2.24, 2.45) is 0 Å². The quantitative estimate of drug-likeness (QED) is 0.155. The molecule has 0 saturated heterocycles. The first-order valence-electron chi connectivity index (χ1n) is 31.1. The number of hydrogen-bond donors (Lipinski definition) is 0. The molecule has 0 radical (unpaired) electrons. The van der Waals surface area contributed by atoms with E-state index < -0.39 is 6.85 Å². The lowest BCUT2D eigenvalue weighted by molar-refractivity contribution is 0.188. The highest BCUT2D eigenvalue weighted by molar-refractivity contribution is 7.00. The Morgan fingerprint density at radius 1 is 0.512 bits per heavy atom. The number of furan rings is 1. The van der Waals surface area contributed by atoms with Crippen LogP contribution in [0.3, 0.4) is 0 Å². The Kier molecular flexibility index (Phi) is 10.3. The number of rotatable bonds is 6. The van der Waals surface area contributed by atoms with E-state index in [1.54, 1.807) is 6.07 Å². The second kappa shape index (κ2) is 17.4. The van der Waals surface area contributed by atoms with E-state index in [0.29, 0.717) is 5.69 Å². The smallest absolute Gasteiger partial charge is 0.297 e. The zero-order valence-corrected chi connectivity index (χ0v) is 49.2. The van der Waals surface area contributed by atoms with Crippen molar-refractivity contribution in [3.05, 3.63) is 203 Å². The maximum Gasteiger partial charge on any atom is 0.297 e. The van der Waals surface area contributed by atoms with Gasteiger partial charge in [0.15, 0.2) is 0 Å². The molecule has 1 fully saturated rings.